The Hall–Kier alpha value is -3.87. The topological polar surface area (TPSA) is 55.5 Å². The number of ether oxygens (including phenoxy) is 2. The van der Waals surface area contributed by atoms with Gasteiger partial charge in [-0.25, -0.2) is 18.8 Å². The van der Waals surface area contributed by atoms with Crippen molar-refractivity contribution in [2.45, 2.75) is 46.0 Å². The predicted octanol–water partition coefficient (Wildman–Crippen LogP) is 7.49. The predicted molar refractivity (Wildman–Crippen MR) is 153 cm³/mol. The molecule has 0 bridgehead atoms. The zero-order valence-electron chi connectivity index (χ0n) is 22.4. The number of aliphatic imine (C=N–C) groups is 3. The maximum absolute atomic E-state index is 14.3. The summed E-state index contributed by atoms with van der Waals surface area (Å²) in [6.07, 6.45) is 10.2. The molecule has 3 aliphatic rings. The first-order chi connectivity index (χ1) is 19.0. The van der Waals surface area contributed by atoms with Crippen LogP contribution in [-0.4, -0.2) is 37.5 Å². The van der Waals surface area contributed by atoms with Gasteiger partial charge in [-0.3, -0.25) is 4.99 Å². The summed E-state index contributed by atoms with van der Waals surface area (Å²) in [4.78, 5) is 13.6. The van der Waals surface area contributed by atoms with Crippen LogP contribution in [-0.2, 0) is 4.74 Å². The van der Waals surface area contributed by atoms with Gasteiger partial charge in [0.2, 0.25) is 0 Å². The fraction of sp³-hybridized carbons (Fsp3) is 0.344. The number of nitrogens with zero attached hydrogens (tertiary/aromatic N) is 3. The maximum atomic E-state index is 14.3. The molecule has 3 heterocycles. The molecule has 202 valence electrons. The lowest BCUT2D eigenvalue weighted by Crippen LogP contribution is -2.08. The Balaban J connectivity index is 1.28. The molecule has 5 nitrogen and oxygen atoms in total. The number of amidine groups is 1. The van der Waals surface area contributed by atoms with Gasteiger partial charge in [-0.1, -0.05) is 36.8 Å². The highest BCUT2D eigenvalue weighted by molar-refractivity contribution is 6.42. The second-order valence-corrected chi connectivity index (χ2v) is 10.0. The molecule has 0 aliphatic carbocycles. The molecule has 7 heteroatoms. The van der Waals surface area contributed by atoms with Gasteiger partial charge in [-0.2, -0.15) is 0 Å². The van der Waals surface area contributed by atoms with E-state index in [-0.39, 0.29) is 17.3 Å². The summed E-state index contributed by atoms with van der Waals surface area (Å²) in [5.41, 5.74) is 4.94. The van der Waals surface area contributed by atoms with Crippen molar-refractivity contribution in [2.75, 3.05) is 19.8 Å². The van der Waals surface area contributed by atoms with Crippen molar-refractivity contribution in [1.82, 2.24) is 0 Å². The summed E-state index contributed by atoms with van der Waals surface area (Å²) < 4.78 is 39.9. The summed E-state index contributed by atoms with van der Waals surface area (Å²) >= 11 is 0. The summed E-state index contributed by atoms with van der Waals surface area (Å²) in [5, 5.41) is 0. The molecular formula is C32H33F2N3O2. The minimum Gasteiger partial charge on any atom is -0.498 e. The number of allylic oxidation sites excluding steroid dienone is 5. The number of benzene rings is 2. The van der Waals surface area contributed by atoms with Gasteiger partial charge in [-0.15, -0.1) is 0 Å². The first-order valence-electron chi connectivity index (χ1n) is 13.6. The monoisotopic (exact) mass is 529 g/mol. The quantitative estimate of drug-likeness (QED) is 0.373. The Bertz CT molecular complexity index is 1400. The van der Waals surface area contributed by atoms with E-state index in [1.807, 2.05) is 18.2 Å². The van der Waals surface area contributed by atoms with Crippen LogP contribution in [0.3, 0.4) is 0 Å². The Kier molecular flexibility index (Phi) is 8.45. The van der Waals surface area contributed by atoms with Gasteiger partial charge < -0.3 is 9.47 Å². The van der Waals surface area contributed by atoms with Gasteiger partial charge in [0.1, 0.15) is 11.5 Å². The molecule has 0 fully saturated rings. The van der Waals surface area contributed by atoms with E-state index in [0.717, 1.165) is 55.2 Å². The third kappa shape index (κ3) is 6.41. The molecule has 3 aliphatic heterocycles. The van der Waals surface area contributed by atoms with Crippen molar-refractivity contribution in [1.29, 1.82) is 0 Å². The Labute approximate surface area is 228 Å². The summed E-state index contributed by atoms with van der Waals surface area (Å²) in [5.74, 6) is 0.469. The largest absolute Gasteiger partial charge is 0.498 e. The van der Waals surface area contributed by atoms with E-state index >= 15 is 0 Å². The maximum Gasteiger partial charge on any atom is 0.169 e. The van der Waals surface area contributed by atoms with Crippen LogP contribution in [0.15, 0.2) is 86.6 Å². The first-order valence-corrected chi connectivity index (χ1v) is 13.6. The second-order valence-electron chi connectivity index (χ2n) is 10.0. The molecule has 0 saturated carbocycles. The molecule has 0 N–H and O–H groups in total. The third-order valence-corrected chi connectivity index (χ3v) is 7.06. The van der Waals surface area contributed by atoms with Crippen LogP contribution >= 0.6 is 0 Å². The van der Waals surface area contributed by atoms with Crippen molar-refractivity contribution in [3.05, 3.63) is 94.4 Å². The standard InChI is InChI=1S/C32H33F2N3O2/c1-3-15-38-24-12-10-23(11-13-24)27-18-25(39-16-14-21(27)2)17-22-6-4-9-29-30(20-35-19-22)37-32(36-29)26-7-5-8-28(33)31(26)34/h5,7-13,18,20,22H,3-4,6,14-17,19H2,1-2H3. The highest BCUT2D eigenvalue weighted by Gasteiger charge is 2.22. The van der Waals surface area contributed by atoms with E-state index in [4.69, 9.17) is 9.47 Å². The minimum atomic E-state index is -0.939. The molecule has 2 aromatic rings. The number of hydrogen-bond donors (Lipinski definition) is 0. The number of halogens is 2. The van der Waals surface area contributed by atoms with Crippen LogP contribution < -0.4 is 4.74 Å². The van der Waals surface area contributed by atoms with E-state index in [2.05, 4.69) is 47.0 Å². The van der Waals surface area contributed by atoms with Gasteiger partial charge in [0.05, 0.1) is 30.2 Å². The molecule has 5 rings (SSSR count). The van der Waals surface area contributed by atoms with Gasteiger partial charge in [0, 0.05) is 25.6 Å². The van der Waals surface area contributed by atoms with Crippen molar-refractivity contribution >= 4 is 23.3 Å². The molecule has 0 aromatic heterocycles. The van der Waals surface area contributed by atoms with Crippen molar-refractivity contribution in [3.63, 3.8) is 0 Å². The number of rotatable bonds is 7. The first kappa shape index (κ1) is 26.7. The molecule has 0 saturated heterocycles. The van der Waals surface area contributed by atoms with E-state index in [0.29, 0.717) is 31.2 Å². The number of fused-ring (bicyclic) bond motifs is 1. The smallest absolute Gasteiger partial charge is 0.169 e. The van der Waals surface area contributed by atoms with E-state index in [1.54, 1.807) is 6.21 Å². The van der Waals surface area contributed by atoms with Gasteiger partial charge in [0.25, 0.3) is 0 Å². The fourth-order valence-electron chi connectivity index (χ4n) is 4.89. The van der Waals surface area contributed by atoms with Gasteiger partial charge >= 0.3 is 0 Å². The lowest BCUT2D eigenvalue weighted by molar-refractivity contribution is 0.196. The average Bonchev–Trinajstić information content (AvgIpc) is 3.27. The fourth-order valence-corrected chi connectivity index (χ4v) is 4.89. The lowest BCUT2D eigenvalue weighted by atomic mass is 9.95. The molecule has 1 atom stereocenters. The van der Waals surface area contributed by atoms with Crippen LogP contribution in [0.4, 0.5) is 8.78 Å². The summed E-state index contributed by atoms with van der Waals surface area (Å²) in [7, 11) is 0. The molecule has 1 unspecified atom stereocenters. The Morgan fingerprint density at radius 1 is 1.08 bits per heavy atom. The highest BCUT2D eigenvalue weighted by Crippen LogP contribution is 2.31. The zero-order valence-corrected chi connectivity index (χ0v) is 22.4. The Morgan fingerprint density at radius 3 is 2.74 bits per heavy atom. The minimum absolute atomic E-state index is 0.0546. The lowest BCUT2D eigenvalue weighted by Gasteiger charge is -2.16. The average molecular weight is 530 g/mol. The molecule has 0 spiro atoms. The van der Waals surface area contributed by atoms with Crippen LogP contribution in [0.2, 0.25) is 0 Å². The normalized spacial score (nSPS) is 19.4. The zero-order chi connectivity index (χ0) is 27.2. The van der Waals surface area contributed by atoms with Crippen LogP contribution in [0.5, 0.6) is 5.75 Å². The van der Waals surface area contributed by atoms with E-state index < -0.39 is 11.6 Å². The van der Waals surface area contributed by atoms with E-state index in [9.17, 15) is 8.78 Å². The van der Waals surface area contributed by atoms with E-state index in [1.165, 1.54) is 23.3 Å². The summed E-state index contributed by atoms with van der Waals surface area (Å²) in [6, 6.07) is 12.3. The number of hydrogen-bond acceptors (Lipinski definition) is 5. The molecule has 0 amide bonds. The van der Waals surface area contributed by atoms with Crippen LogP contribution in [0.25, 0.3) is 5.57 Å². The van der Waals surface area contributed by atoms with Gasteiger partial charge in [-0.05, 0) is 73.6 Å². The van der Waals surface area contributed by atoms with Crippen molar-refractivity contribution in [2.24, 2.45) is 20.9 Å². The SMILES string of the molecule is CCCOc1ccc(C2=C(C)CCOC(CC3CCC=C4N=C(c5cccc(F)c5F)N=C4C=NC3)=C2)cc1. The molecule has 2 aromatic carbocycles. The highest BCUT2D eigenvalue weighted by atomic mass is 19.2. The van der Waals surface area contributed by atoms with Crippen molar-refractivity contribution < 1.29 is 18.3 Å². The molecular weight excluding hydrogens is 496 g/mol. The van der Waals surface area contributed by atoms with Crippen LogP contribution in [0.1, 0.15) is 57.1 Å². The third-order valence-electron chi connectivity index (χ3n) is 7.06. The van der Waals surface area contributed by atoms with Crippen LogP contribution in [0, 0.1) is 17.6 Å². The molecule has 39 heavy (non-hydrogen) atoms. The summed E-state index contributed by atoms with van der Waals surface area (Å²) in [6.45, 7) is 6.25. The molecule has 0 radical (unpaired) electrons. The second kappa shape index (κ2) is 12.3. The van der Waals surface area contributed by atoms with Crippen molar-refractivity contribution in [3.8, 4) is 5.75 Å². The Morgan fingerprint density at radius 2 is 1.92 bits per heavy atom. The van der Waals surface area contributed by atoms with Gasteiger partial charge in [0.15, 0.2) is 17.5 Å².